The lowest BCUT2D eigenvalue weighted by Crippen LogP contribution is -2.56. The Bertz CT molecular complexity index is 2350. The van der Waals surface area contributed by atoms with Crippen molar-refractivity contribution in [3.8, 4) is 0 Å². The minimum atomic E-state index is -0.998. The Morgan fingerprint density at radius 3 is 1.39 bits per heavy atom. The summed E-state index contributed by atoms with van der Waals surface area (Å²) >= 11 is 0. The molecule has 0 spiro atoms. The summed E-state index contributed by atoms with van der Waals surface area (Å²) in [4.78, 5) is 86.0. The normalized spacial score (nSPS) is 20.8. The topological polar surface area (TPSA) is 242 Å². The van der Waals surface area contributed by atoms with Crippen LogP contribution < -0.4 is 31.9 Å². The Labute approximate surface area is 433 Å². The van der Waals surface area contributed by atoms with Crippen molar-refractivity contribution in [2.75, 3.05) is 27.2 Å². The molecule has 0 unspecified atom stereocenters. The third kappa shape index (κ3) is 13.2. The smallest absolute Gasteiger partial charge is 0.246 e. The third-order valence-corrected chi connectivity index (χ3v) is 14.5. The van der Waals surface area contributed by atoms with E-state index in [1.54, 1.807) is 59.5 Å². The highest BCUT2D eigenvalue weighted by molar-refractivity contribution is 5.95. The number of rotatable bonds is 19. The number of fused-ring (bicyclic) bond motifs is 2. The summed E-state index contributed by atoms with van der Waals surface area (Å²) in [5.74, 6) is -1.82. The maximum absolute atomic E-state index is 14.3. The van der Waals surface area contributed by atoms with Crippen LogP contribution in [0.4, 0.5) is 0 Å². The first-order chi connectivity index (χ1) is 33.9. The van der Waals surface area contributed by atoms with E-state index in [-0.39, 0.29) is 85.2 Å². The summed E-state index contributed by atoms with van der Waals surface area (Å²) in [7, 11) is 3.33. The zero-order valence-corrected chi connectivity index (χ0v) is 43.2. The van der Waals surface area contributed by atoms with Gasteiger partial charge in [0.05, 0.1) is 48.6 Å². The molecule has 2 aromatic heterocycles. The van der Waals surface area contributed by atoms with Crippen LogP contribution in [0.2, 0.25) is 0 Å². The summed E-state index contributed by atoms with van der Waals surface area (Å²) in [6, 6.07) is 11.6. The molecule has 2 aromatic carbocycles. The highest BCUT2D eigenvalue weighted by Crippen LogP contribution is 2.32. The Kier molecular flexibility index (Phi) is 19.7. The minimum absolute atomic E-state index is 0. The van der Waals surface area contributed by atoms with Gasteiger partial charge in [0.1, 0.15) is 24.2 Å². The average molecular weight is 1030 g/mol. The van der Waals surface area contributed by atoms with Crippen LogP contribution in [-0.2, 0) is 67.5 Å². The fourth-order valence-corrected chi connectivity index (χ4v) is 10.3. The van der Waals surface area contributed by atoms with Gasteiger partial charge < -0.3 is 41.7 Å². The molecule has 4 heterocycles. The van der Waals surface area contributed by atoms with Crippen LogP contribution in [0.5, 0.6) is 0 Å². The predicted molar refractivity (Wildman–Crippen MR) is 273 cm³/mol. The van der Waals surface area contributed by atoms with E-state index in [9.17, 15) is 28.8 Å². The van der Waals surface area contributed by atoms with Crippen molar-refractivity contribution in [3.05, 3.63) is 94.6 Å². The second-order valence-electron chi connectivity index (χ2n) is 19.2. The summed E-state index contributed by atoms with van der Waals surface area (Å²) in [6.45, 7) is 4.84. The number of benzene rings is 2. The number of aromatic nitrogens is 6. The number of halogens is 2. The van der Waals surface area contributed by atoms with E-state index in [1.165, 1.54) is 11.1 Å². The van der Waals surface area contributed by atoms with Gasteiger partial charge in [0, 0.05) is 38.3 Å². The van der Waals surface area contributed by atoms with Crippen molar-refractivity contribution in [1.29, 1.82) is 0 Å². The second-order valence-corrected chi connectivity index (χ2v) is 19.2. The van der Waals surface area contributed by atoms with Gasteiger partial charge in [0.2, 0.25) is 35.4 Å². The maximum atomic E-state index is 14.3. The minimum Gasteiger partial charge on any atom is -0.347 e. The van der Waals surface area contributed by atoms with Crippen molar-refractivity contribution in [1.82, 2.24) is 71.7 Å². The van der Waals surface area contributed by atoms with Crippen LogP contribution >= 0.6 is 24.8 Å². The fraction of sp³-hybridized carbons (Fsp3) is 0.560. The van der Waals surface area contributed by atoms with Gasteiger partial charge in [-0.25, -0.2) is 0 Å². The van der Waals surface area contributed by atoms with Crippen molar-refractivity contribution < 1.29 is 28.8 Å². The molecule has 22 heteroatoms. The molecule has 20 nitrogen and oxygen atoms in total. The number of likely N-dealkylation sites (tertiary alicyclic amines) is 2. The van der Waals surface area contributed by atoms with Crippen LogP contribution in [0.25, 0.3) is 0 Å². The summed E-state index contributed by atoms with van der Waals surface area (Å²) in [5, 5.41) is 35.4. The molecule has 2 aliphatic carbocycles. The highest BCUT2D eigenvalue weighted by atomic mass is 35.5. The monoisotopic (exact) mass is 1030 g/mol. The first-order valence-electron chi connectivity index (χ1n) is 25.0. The van der Waals surface area contributed by atoms with E-state index in [0.29, 0.717) is 63.3 Å². The lowest BCUT2D eigenvalue weighted by Gasteiger charge is -2.31. The number of hydrogen-bond acceptors (Lipinski definition) is 12. The van der Waals surface area contributed by atoms with Crippen LogP contribution in [0.1, 0.15) is 111 Å². The van der Waals surface area contributed by atoms with Gasteiger partial charge in [0.25, 0.3) is 0 Å². The maximum Gasteiger partial charge on any atom is 0.246 e. The Hall–Kier alpha value is -5.96. The van der Waals surface area contributed by atoms with Crippen molar-refractivity contribution >= 4 is 60.3 Å². The number of hydrogen-bond donors (Lipinski definition) is 6. The van der Waals surface area contributed by atoms with Gasteiger partial charge in [-0.05, 0) is 114 Å². The second kappa shape index (κ2) is 25.6. The van der Waals surface area contributed by atoms with Crippen molar-refractivity contribution in [2.24, 2.45) is 0 Å². The molecular weight excluding hydrogens is 964 g/mol. The van der Waals surface area contributed by atoms with Crippen LogP contribution in [0.15, 0.2) is 60.9 Å². The quantitative estimate of drug-likeness (QED) is 0.0792. The van der Waals surface area contributed by atoms with E-state index in [2.05, 4.69) is 76.8 Å². The third-order valence-electron chi connectivity index (χ3n) is 14.5. The molecule has 6 amide bonds. The molecule has 2 fully saturated rings. The van der Waals surface area contributed by atoms with Crippen LogP contribution in [-0.4, -0.2) is 139 Å². The van der Waals surface area contributed by atoms with Gasteiger partial charge in [-0.15, -0.1) is 35.0 Å². The molecule has 72 heavy (non-hydrogen) atoms. The zero-order chi connectivity index (χ0) is 49.3. The first-order valence-corrected chi connectivity index (χ1v) is 25.0. The van der Waals surface area contributed by atoms with E-state index in [1.807, 2.05) is 24.3 Å². The molecule has 0 radical (unpaired) electrons. The SMILES string of the molecule is CN[C@@H](C)C(=O)N[C@@H](Cc1cn(CCn2cc(C[C@H](NC(=O)[C@H](C)NC)C(=O)N3CCC[C@H]3C(=O)N[C@@H]3CCCc4ccccc43)nn2)nn1)C(=O)N1CCC[C@H]1C(=O)N[C@@H]1CCCc2ccccc21.Cl.Cl. The van der Waals surface area contributed by atoms with E-state index >= 15 is 0 Å². The molecule has 8 atom stereocenters. The number of carbonyl (C=O) groups excluding carboxylic acids is 6. The van der Waals surface area contributed by atoms with Crippen molar-refractivity contribution in [3.63, 3.8) is 0 Å². The zero-order valence-electron chi connectivity index (χ0n) is 41.5. The van der Waals surface area contributed by atoms with Gasteiger partial charge in [0.15, 0.2) is 0 Å². The average Bonchev–Trinajstić information content (AvgIpc) is 4.23. The fourth-order valence-electron chi connectivity index (χ4n) is 10.3. The Morgan fingerprint density at radius 1 is 0.583 bits per heavy atom. The predicted octanol–water partition coefficient (Wildman–Crippen LogP) is 2.05. The first kappa shape index (κ1) is 55.4. The van der Waals surface area contributed by atoms with E-state index < -0.39 is 36.3 Å². The number of nitrogens with zero attached hydrogens (tertiary/aromatic N) is 8. The molecule has 0 bridgehead atoms. The Balaban J connectivity index is 0.00000423. The number of carbonyl (C=O) groups is 6. The van der Waals surface area contributed by atoms with E-state index in [0.717, 1.165) is 49.7 Å². The largest absolute Gasteiger partial charge is 0.347 e. The molecule has 4 aliphatic rings. The summed E-state index contributed by atoms with van der Waals surface area (Å²) in [5.41, 5.74) is 5.64. The molecular formula is C50H70Cl2N14O6. The highest BCUT2D eigenvalue weighted by Gasteiger charge is 2.41. The lowest BCUT2D eigenvalue weighted by molar-refractivity contribution is -0.141. The molecule has 390 valence electrons. The molecule has 8 rings (SSSR count). The van der Waals surface area contributed by atoms with Gasteiger partial charge in [-0.2, -0.15) is 0 Å². The summed E-state index contributed by atoms with van der Waals surface area (Å²) < 4.78 is 3.22. The molecule has 2 aliphatic heterocycles. The van der Waals surface area contributed by atoms with Crippen molar-refractivity contribution in [2.45, 2.75) is 152 Å². The molecule has 6 N–H and O–H groups in total. The van der Waals surface area contributed by atoms with Crippen LogP contribution in [0.3, 0.4) is 0 Å². The molecule has 0 saturated carbocycles. The van der Waals surface area contributed by atoms with Crippen LogP contribution in [0, 0.1) is 0 Å². The number of nitrogens with one attached hydrogen (secondary N) is 6. The van der Waals surface area contributed by atoms with Gasteiger partial charge >= 0.3 is 0 Å². The van der Waals surface area contributed by atoms with Gasteiger partial charge in [-0.3, -0.25) is 38.1 Å². The standard InChI is InChI=1S/C50H68N14O6.2ClH/c1-31(51-3)45(65)55-41(49(69)63-23-11-21-43(63)47(67)53-39-19-9-15-33-13-5-7-17-37(33)39)27-35-29-61(59-57-35)25-26-62-30-36(58-60-62)28-42(56-46(66)32(2)52-4)50(70)64-24-12-22-44(64)48(68)54-40-20-10-16-34-14-6-8-18-38(34)40;;/h5-8,13-14,17-18,29-32,39-44,51-52H,9-12,15-16,19-28H2,1-4H3,(H,53,67)(H,54,68)(H,55,65)(H,56,66);2*1H/t31-,32-,39+,40+,41-,42-,43-,44-;;/m0../s1. The number of aryl methyl sites for hydroxylation is 4. The molecule has 2 saturated heterocycles. The number of amides is 6. The van der Waals surface area contributed by atoms with Gasteiger partial charge in [-0.1, -0.05) is 59.0 Å². The summed E-state index contributed by atoms with van der Waals surface area (Å²) in [6.07, 6.45) is 11.4. The lowest BCUT2D eigenvalue weighted by atomic mass is 9.87. The Morgan fingerprint density at radius 2 is 0.986 bits per heavy atom. The number of likely N-dealkylation sites (N-methyl/N-ethyl adjacent to an activating group) is 2. The van der Waals surface area contributed by atoms with E-state index in [4.69, 9.17) is 0 Å². The molecule has 4 aromatic rings.